The van der Waals surface area contributed by atoms with Crippen LogP contribution in [-0.2, 0) is 19.4 Å². The lowest BCUT2D eigenvalue weighted by Crippen LogP contribution is -2.45. The van der Waals surface area contributed by atoms with E-state index < -0.39 is 15.8 Å². The number of piperidine rings is 1. The zero-order chi connectivity index (χ0) is 18.6. The Morgan fingerprint density at radius 1 is 1.32 bits per heavy atom. The molecule has 1 heterocycles. The number of esters is 1. The molecule has 0 N–H and O–H groups in total. The third-order valence-electron chi connectivity index (χ3n) is 4.33. The minimum absolute atomic E-state index is 0.0303. The zero-order valence-corrected chi connectivity index (χ0v) is 15.9. The number of halogens is 1. The summed E-state index contributed by atoms with van der Waals surface area (Å²) in [7, 11) is -3.48. The third-order valence-corrected chi connectivity index (χ3v) is 5.77. The molecule has 25 heavy (non-hydrogen) atoms. The van der Waals surface area contributed by atoms with E-state index in [2.05, 4.69) is 0 Å². The highest BCUT2D eigenvalue weighted by molar-refractivity contribution is 7.90. The summed E-state index contributed by atoms with van der Waals surface area (Å²) in [6.45, 7) is 2.31. The van der Waals surface area contributed by atoms with Gasteiger partial charge in [0.15, 0.2) is 16.4 Å². The van der Waals surface area contributed by atoms with E-state index in [-0.39, 0.29) is 34.0 Å². The molecule has 0 aliphatic carbocycles. The van der Waals surface area contributed by atoms with Gasteiger partial charge in [0.1, 0.15) is 0 Å². The number of carbonyl (C=O) groups excluding carboxylic acids is 2. The normalized spacial score (nSPS) is 18.0. The quantitative estimate of drug-likeness (QED) is 0.725. The molecule has 1 saturated heterocycles. The van der Waals surface area contributed by atoms with Gasteiger partial charge in [-0.25, -0.2) is 13.2 Å². The molecular formula is C17H22ClNO5S. The maximum atomic E-state index is 12.3. The van der Waals surface area contributed by atoms with Crippen LogP contribution in [0.4, 0.5) is 0 Å². The van der Waals surface area contributed by atoms with Crippen molar-refractivity contribution < 1.29 is 22.7 Å². The van der Waals surface area contributed by atoms with E-state index in [4.69, 9.17) is 16.3 Å². The Morgan fingerprint density at radius 2 is 2.04 bits per heavy atom. The molecule has 1 aliphatic rings. The van der Waals surface area contributed by atoms with Gasteiger partial charge in [0.05, 0.1) is 15.5 Å². The van der Waals surface area contributed by atoms with Crippen LogP contribution in [0.2, 0.25) is 5.02 Å². The molecule has 1 aromatic carbocycles. The van der Waals surface area contributed by atoms with E-state index in [9.17, 15) is 18.0 Å². The predicted octanol–water partition coefficient (Wildman–Crippen LogP) is 2.69. The van der Waals surface area contributed by atoms with Gasteiger partial charge in [-0.05, 0) is 43.9 Å². The minimum atomic E-state index is -3.48. The van der Waals surface area contributed by atoms with Crippen LogP contribution in [0.3, 0.4) is 0 Å². The van der Waals surface area contributed by atoms with Gasteiger partial charge < -0.3 is 9.64 Å². The molecule has 0 spiro atoms. The first-order valence-electron chi connectivity index (χ1n) is 8.20. The number of sulfone groups is 1. The summed E-state index contributed by atoms with van der Waals surface area (Å²) >= 11 is 5.96. The van der Waals surface area contributed by atoms with E-state index in [1.807, 2.05) is 6.92 Å². The van der Waals surface area contributed by atoms with Gasteiger partial charge in [0.2, 0.25) is 0 Å². The lowest BCUT2D eigenvalue weighted by molar-refractivity contribution is -0.138. The van der Waals surface area contributed by atoms with Crippen molar-refractivity contribution in [2.24, 2.45) is 0 Å². The molecule has 1 aliphatic heterocycles. The molecule has 0 radical (unpaired) electrons. The smallest absolute Gasteiger partial charge is 0.340 e. The Morgan fingerprint density at radius 3 is 2.68 bits per heavy atom. The van der Waals surface area contributed by atoms with E-state index in [1.54, 1.807) is 4.90 Å². The van der Waals surface area contributed by atoms with E-state index in [0.717, 1.165) is 31.9 Å². The average Bonchev–Trinajstić information content (AvgIpc) is 2.58. The van der Waals surface area contributed by atoms with Crippen LogP contribution >= 0.6 is 11.6 Å². The Balaban J connectivity index is 2.06. The Labute approximate surface area is 153 Å². The fourth-order valence-electron chi connectivity index (χ4n) is 2.93. The zero-order valence-electron chi connectivity index (χ0n) is 14.3. The average molecular weight is 388 g/mol. The summed E-state index contributed by atoms with van der Waals surface area (Å²) in [4.78, 5) is 26.3. The molecule has 2 rings (SSSR count). The first-order chi connectivity index (χ1) is 11.7. The van der Waals surface area contributed by atoms with Gasteiger partial charge in [-0.3, -0.25) is 4.79 Å². The van der Waals surface area contributed by atoms with Gasteiger partial charge in [0, 0.05) is 18.8 Å². The highest BCUT2D eigenvalue weighted by Crippen LogP contribution is 2.22. The maximum absolute atomic E-state index is 12.3. The van der Waals surface area contributed by atoms with Crippen molar-refractivity contribution in [1.82, 2.24) is 4.90 Å². The molecule has 1 aromatic rings. The number of carbonyl (C=O) groups is 2. The van der Waals surface area contributed by atoms with Crippen LogP contribution in [0, 0.1) is 0 Å². The summed E-state index contributed by atoms with van der Waals surface area (Å²) in [5.74, 6) is -1.05. The Hall–Kier alpha value is -1.60. The highest BCUT2D eigenvalue weighted by atomic mass is 35.5. The first-order valence-corrected chi connectivity index (χ1v) is 10.5. The van der Waals surface area contributed by atoms with Crippen molar-refractivity contribution in [1.29, 1.82) is 0 Å². The number of benzene rings is 1. The summed E-state index contributed by atoms with van der Waals surface area (Å²) in [6.07, 6.45) is 4.89. The van der Waals surface area contributed by atoms with E-state index in [0.29, 0.717) is 6.54 Å². The number of hydrogen-bond donors (Lipinski definition) is 0. The second kappa shape index (κ2) is 8.19. The van der Waals surface area contributed by atoms with Crippen LogP contribution in [0.5, 0.6) is 0 Å². The van der Waals surface area contributed by atoms with Crippen LogP contribution < -0.4 is 0 Å². The van der Waals surface area contributed by atoms with Gasteiger partial charge in [-0.15, -0.1) is 0 Å². The Kier molecular flexibility index (Phi) is 6.46. The second-order valence-corrected chi connectivity index (χ2v) is 8.56. The largest absolute Gasteiger partial charge is 0.452 e. The molecule has 1 atom stereocenters. The number of likely N-dealkylation sites (tertiary alicyclic amines) is 1. The lowest BCUT2D eigenvalue weighted by Gasteiger charge is -2.35. The summed E-state index contributed by atoms with van der Waals surface area (Å²) < 4.78 is 28.3. The lowest BCUT2D eigenvalue weighted by atomic mass is 10.00. The van der Waals surface area contributed by atoms with Gasteiger partial charge in [-0.2, -0.15) is 0 Å². The molecule has 0 aromatic heterocycles. The molecule has 1 fully saturated rings. The molecule has 1 amide bonds. The van der Waals surface area contributed by atoms with Crippen LogP contribution in [-0.4, -0.2) is 50.6 Å². The van der Waals surface area contributed by atoms with Gasteiger partial charge >= 0.3 is 5.97 Å². The number of hydrogen-bond acceptors (Lipinski definition) is 5. The topological polar surface area (TPSA) is 80.8 Å². The standard InChI is InChI=1S/C17H22ClNO5S/c1-3-12-6-4-5-9-19(12)16(20)11-24-17(21)14-10-13(25(2,22)23)7-8-15(14)18/h7-8,10,12H,3-6,9,11H2,1-2H3. The third kappa shape index (κ3) is 4.95. The minimum Gasteiger partial charge on any atom is -0.452 e. The monoisotopic (exact) mass is 387 g/mol. The number of rotatable bonds is 5. The molecule has 8 heteroatoms. The molecule has 1 unspecified atom stereocenters. The molecule has 0 bridgehead atoms. The maximum Gasteiger partial charge on any atom is 0.340 e. The first kappa shape index (κ1) is 19.7. The van der Waals surface area contributed by atoms with Crippen LogP contribution in [0.25, 0.3) is 0 Å². The van der Waals surface area contributed by atoms with Crippen LogP contribution in [0.1, 0.15) is 43.0 Å². The molecule has 138 valence electrons. The SMILES string of the molecule is CCC1CCCCN1C(=O)COC(=O)c1cc(S(C)(=O)=O)ccc1Cl. The number of ether oxygens (including phenoxy) is 1. The second-order valence-electron chi connectivity index (χ2n) is 6.13. The predicted molar refractivity (Wildman–Crippen MR) is 94.5 cm³/mol. The summed E-state index contributed by atoms with van der Waals surface area (Å²) in [5.41, 5.74) is -0.0666. The van der Waals surface area contributed by atoms with Crippen LogP contribution in [0.15, 0.2) is 23.1 Å². The van der Waals surface area contributed by atoms with Gasteiger partial charge in [0.25, 0.3) is 5.91 Å². The van der Waals surface area contributed by atoms with Crippen molar-refractivity contribution >= 4 is 33.3 Å². The fourth-order valence-corrected chi connectivity index (χ4v) is 3.77. The van der Waals surface area contributed by atoms with Crippen molar-refractivity contribution in [2.75, 3.05) is 19.4 Å². The molecule has 0 saturated carbocycles. The highest BCUT2D eigenvalue weighted by Gasteiger charge is 2.26. The van der Waals surface area contributed by atoms with E-state index in [1.165, 1.54) is 18.2 Å². The Bertz CT molecular complexity index is 762. The molecule has 6 nitrogen and oxygen atoms in total. The number of nitrogens with zero attached hydrogens (tertiary/aromatic N) is 1. The number of amides is 1. The summed E-state index contributed by atoms with van der Waals surface area (Å²) in [6, 6.07) is 3.99. The van der Waals surface area contributed by atoms with Crippen molar-refractivity contribution in [3.63, 3.8) is 0 Å². The summed E-state index contributed by atoms with van der Waals surface area (Å²) in [5, 5.41) is 0.0780. The van der Waals surface area contributed by atoms with E-state index >= 15 is 0 Å². The van der Waals surface area contributed by atoms with Gasteiger partial charge in [-0.1, -0.05) is 18.5 Å². The fraction of sp³-hybridized carbons (Fsp3) is 0.529. The van der Waals surface area contributed by atoms with Crippen molar-refractivity contribution in [2.45, 2.75) is 43.5 Å². The molecular weight excluding hydrogens is 366 g/mol. The van der Waals surface area contributed by atoms with Crippen molar-refractivity contribution in [3.8, 4) is 0 Å². The van der Waals surface area contributed by atoms with Crippen molar-refractivity contribution in [3.05, 3.63) is 28.8 Å².